The number of carbonyl (C=O) groups excluding carboxylic acids is 3. The Balaban J connectivity index is 2.22. The number of hydroxylamine groups is 2. The lowest BCUT2D eigenvalue weighted by Gasteiger charge is -2.13. The molecule has 0 atom stereocenters. The van der Waals surface area contributed by atoms with Crippen LogP contribution in [0.1, 0.15) is 35.7 Å². The quantitative estimate of drug-likeness (QED) is 0.589. The van der Waals surface area contributed by atoms with E-state index in [0.717, 1.165) is 0 Å². The summed E-state index contributed by atoms with van der Waals surface area (Å²) in [6.45, 7) is 1.90. The van der Waals surface area contributed by atoms with Gasteiger partial charge in [0.25, 0.3) is 11.8 Å². The Morgan fingerprint density at radius 3 is 2.12 bits per heavy atom. The number of carbonyl (C=O) groups is 3. The number of nitrogens with zero attached hydrogens (tertiary/aromatic N) is 3. The molecule has 0 saturated carbocycles. The van der Waals surface area contributed by atoms with Crippen molar-refractivity contribution in [1.29, 1.82) is 10.5 Å². The van der Waals surface area contributed by atoms with Crippen molar-refractivity contribution in [2.24, 2.45) is 0 Å². The van der Waals surface area contributed by atoms with Crippen LogP contribution in [0, 0.1) is 22.7 Å². The SMILES string of the molecule is CCSC(=C(C#N)C#N)c1ccc(C(=O)ON2C(=O)CCC2=O)cc1. The third-order valence-corrected chi connectivity index (χ3v) is 4.32. The minimum absolute atomic E-state index is 0.00423. The number of benzene rings is 1. The second kappa shape index (κ2) is 8.13. The molecule has 25 heavy (non-hydrogen) atoms. The standard InChI is InChI=1S/C17H13N3O4S/c1-2-25-16(13(9-18)10-19)11-3-5-12(6-4-11)17(23)24-20-14(21)7-8-15(20)22/h3-6H,2,7-8H2,1H3. The molecule has 2 rings (SSSR count). The maximum Gasteiger partial charge on any atom is 0.363 e. The first-order valence-electron chi connectivity index (χ1n) is 7.37. The molecule has 2 amide bonds. The first kappa shape index (κ1) is 18.2. The van der Waals surface area contributed by atoms with Crippen LogP contribution >= 0.6 is 11.8 Å². The highest BCUT2D eigenvalue weighted by Gasteiger charge is 2.33. The first-order valence-corrected chi connectivity index (χ1v) is 8.36. The maximum absolute atomic E-state index is 12.1. The summed E-state index contributed by atoms with van der Waals surface area (Å²) in [5, 5.41) is 18.6. The van der Waals surface area contributed by atoms with Gasteiger partial charge >= 0.3 is 5.97 Å². The molecule has 1 aromatic carbocycles. The smallest absolute Gasteiger partial charge is 0.325 e. The van der Waals surface area contributed by atoms with E-state index in [1.807, 2.05) is 19.1 Å². The van der Waals surface area contributed by atoms with Gasteiger partial charge in [-0.2, -0.15) is 10.5 Å². The van der Waals surface area contributed by atoms with E-state index in [1.54, 1.807) is 12.1 Å². The van der Waals surface area contributed by atoms with Crippen molar-refractivity contribution in [3.8, 4) is 12.1 Å². The molecule has 1 aromatic rings. The molecule has 0 bridgehead atoms. The van der Waals surface area contributed by atoms with Crippen molar-refractivity contribution in [2.75, 3.05) is 5.75 Å². The van der Waals surface area contributed by atoms with Gasteiger partial charge in [-0.1, -0.05) is 19.1 Å². The Kier molecular flexibility index (Phi) is 5.93. The first-order chi connectivity index (χ1) is 12.0. The topological polar surface area (TPSA) is 111 Å². The molecule has 0 spiro atoms. The molecular weight excluding hydrogens is 342 g/mol. The number of hydrogen-bond donors (Lipinski definition) is 0. The lowest BCUT2D eigenvalue weighted by Crippen LogP contribution is -2.32. The largest absolute Gasteiger partial charge is 0.363 e. The lowest BCUT2D eigenvalue weighted by molar-refractivity contribution is -0.172. The summed E-state index contributed by atoms with van der Waals surface area (Å²) in [6, 6.07) is 9.77. The average Bonchev–Trinajstić information content (AvgIpc) is 2.94. The van der Waals surface area contributed by atoms with E-state index < -0.39 is 17.8 Å². The average molecular weight is 355 g/mol. The molecule has 7 nitrogen and oxygen atoms in total. The molecular formula is C17H13N3O4S. The summed E-state index contributed by atoms with van der Waals surface area (Å²) < 4.78 is 0. The van der Waals surface area contributed by atoms with Gasteiger partial charge in [0.15, 0.2) is 0 Å². The van der Waals surface area contributed by atoms with Crippen LogP contribution in [0.15, 0.2) is 29.8 Å². The Bertz CT molecular complexity index is 799. The van der Waals surface area contributed by atoms with Crippen LogP contribution in [0.3, 0.4) is 0 Å². The maximum atomic E-state index is 12.1. The molecule has 0 aromatic heterocycles. The zero-order valence-corrected chi connectivity index (χ0v) is 14.1. The summed E-state index contributed by atoms with van der Waals surface area (Å²) in [5.41, 5.74) is 0.762. The van der Waals surface area contributed by atoms with Gasteiger partial charge in [0, 0.05) is 17.7 Å². The Morgan fingerprint density at radius 2 is 1.64 bits per heavy atom. The summed E-state index contributed by atoms with van der Waals surface area (Å²) in [4.78, 5) is 40.3. The number of thioether (sulfide) groups is 1. The van der Waals surface area contributed by atoms with Gasteiger partial charge in [-0.3, -0.25) is 9.59 Å². The number of imide groups is 1. The monoisotopic (exact) mass is 355 g/mol. The highest BCUT2D eigenvalue weighted by atomic mass is 32.2. The lowest BCUT2D eigenvalue weighted by atomic mass is 10.1. The van der Waals surface area contributed by atoms with Gasteiger partial charge in [0.2, 0.25) is 0 Å². The number of nitriles is 2. The minimum atomic E-state index is -0.829. The third-order valence-electron chi connectivity index (χ3n) is 3.30. The van der Waals surface area contributed by atoms with Crippen LogP contribution in [-0.4, -0.2) is 28.6 Å². The third kappa shape index (κ3) is 4.06. The predicted octanol–water partition coefficient (Wildman–Crippen LogP) is 2.42. The van der Waals surface area contributed by atoms with Crippen molar-refractivity contribution in [1.82, 2.24) is 5.06 Å². The summed E-state index contributed by atoms with van der Waals surface area (Å²) in [7, 11) is 0. The van der Waals surface area contributed by atoms with Crippen LogP contribution in [0.2, 0.25) is 0 Å². The van der Waals surface area contributed by atoms with Gasteiger partial charge in [-0.25, -0.2) is 4.79 Å². The van der Waals surface area contributed by atoms with Gasteiger partial charge in [-0.15, -0.1) is 16.8 Å². The van der Waals surface area contributed by atoms with Crippen molar-refractivity contribution < 1.29 is 19.2 Å². The molecule has 1 heterocycles. The predicted molar refractivity (Wildman–Crippen MR) is 89.2 cm³/mol. The fraction of sp³-hybridized carbons (Fsp3) is 0.235. The van der Waals surface area contributed by atoms with Gasteiger partial charge in [-0.05, 0) is 23.4 Å². The van der Waals surface area contributed by atoms with E-state index in [9.17, 15) is 14.4 Å². The van der Waals surface area contributed by atoms with Gasteiger partial charge in [0.05, 0.1) is 5.56 Å². The van der Waals surface area contributed by atoms with Crippen LogP contribution < -0.4 is 0 Å². The van der Waals surface area contributed by atoms with E-state index in [-0.39, 0.29) is 24.0 Å². The van der Waals surface area contributed by atoms with Crippen molar-refractivity contribution in [3.63, 3.8) is 0 Å². The fourth-order valence-electron chi connectivity index (χ4n) is 2.12. The summed E-state index contributed by atoms with van der Waals surface area (Å²) in [6.07, 6.45) is 0.0527. The van der Waals surface area contributed by atoms with E-state index in [1.165, 1.54) is 23.9 Å². The molecule has 0 unspecified atom stereocenters. The number of amides is 2. The molecule has 1 aliphatic heterocycles. The van der Waals surface area contributed by atoms with Crippen molar-refractivity contribution >= 4 is 34.5 Å². The summed E-state index contributed by atoms with van der Waals surface area (Å²) in [5.74, 6) is -1.26. The van der Waals surface area contributed by atoms with Crippen LogP contribution in [-0.2, 0) is 14.4 Å². The van der Waals surface area contributed by atoms with E-state index in [2.05, 4.69) is 0 Å². The molecule has 0 radical (unpaired) electrons. The van der Waals surface area contributed by atoms with Gasteiger partial charge < -0.3 is 4.84 Å². The molecule has 1 saturated heterocycles. The number of allylic oxidation sites excluding steroid dienone is 1. The second-order valence-electron chi connectivity index (χ2n) is 4.90. The number of rotatable bonds is 5. The van der Waals surface area contributed by atoms with E-state index in [0.29, 0.717) is 21.3 Å². The molecule has 0 N–H and O–H groups in total. The van der Waals surface area contributed by atoms with Crippen LogP contribution in [0.4, 0.5) is 0 Å². The fourth-order valence-corrected chi connectivity index (χ4v) is 2.95. The normalized spacial score (nSPS) is 13.2. The molecule has 0 aliphatic carbocycles. The zero-order chi connectivity index (χ0) is 18.4. The van der Waals surface area contributed by atoms with E-state index in [4.69, 9.17) is 15.4 Å². The highest BCUT2D eigenvalue weighted by molar-refractivity contribution is 8.08. The Labute approximate surface area is 148 Å². The summed E-state index contributed by atoms with van der Waals surface area (Å²) >= 11 is 1.35. The Morgan fingerprint density at radius 1 is 1.12 bits per heavy atom. The molecule has 1 fully saturated rings. The highest BCUT2D eigenvalue weighted by Crippen LogP contribution is 2.30. The van der Waals surface area contributed by atoms with Crippen LogP contribution in [0.25, 0.3) is 4.91 Å². The van der Waals surface area contributed by atoms with E-state index >= 15 is 0 Å². The molecule has 126 valence electrons. The van der Waals surface area contributed by atoms with Gasteiger partial charge in [0.1, 0.15) is 17.7 Å². The van der Waals surface area contributed by atoms with Crippen molar-refractivity contribution in [2.45, 2.75) is 19.8 Å². The minimum Gasteiger partial charge on any atom is -0.325 e. The Hall–Kier alpha value is -3.10. The van der Waals surface area contributed by atoms with Crippen molar-refractivity contribution in [3.05, 3.63) is 41.0 Å². The molecule has 8 heteroatoms. The zero-order valence-electron chi connectivity index (χ0n) is 13.3. The van der Waals surface area contributed by atoms with Crippen LogP contribution in [0.5, 0.6) is 0 Å². The molecule has 1 aliphatic rings. The second-order valence-corrected chi connectivity index (χ2v) is 6.17. The number of hydrogen-bond acceptors (Lipinski definition) is 7.